The van der Waals surface area contributed by atoms with E-state index in [-0.39, 0.29) is 17.4 Å². The Morgan fingerprint density at radius 1 is 1.56 bits per heavy atom. The first-order valence-corrected chi connectivity index (χ1v) is 5.81. The fourth-order valence-corrected chi connectivity index (χ4v) is 1.31. The van der Waals surface area contributed by atoms with Gasteiger partial charge in [0.2, 0.25) is 0 Å². The fourth-order valence-electron chi connectivity index (χ4n) is 1.21. The van der Waals surface area contributed by atoms with Gasteiger partial charge in [0.15, 0.2) is 10.8 Å². The van der Waals surface area contributed by atoms with E-state index in [2.05, 4.69) is 15.5 Å². The second kappa shape index (κ2) is 6.63. The maximum absolute atomic E-state index is 11.7. The third-order valence-corrected chi connectivity index (χ3v) is 2.54. The third kappa shape index (κ3) is 4.95. The van der Waals surface area contributed by atoms with E-state index in [1.807, 2.05) is 0 Å². The van der Waals surface area contributed by atoms with Gasteiger partial charge in [-0.2, -0.15) is 0 Å². The molecule has 1 unspecified atom stereocenters. The maximum atomic E-state index is 11.7. The number of ether oxygens (including phenoxy) is 1. The van der Waals surface area contributed by atoms with Crippen molar-refractivity contribution in [3.63, 3.8) is 0 Å². The number of aromatic nitrogens is 2. The van der Waals surface area contributed by atoms with E-state index < -0.39 is 11.5 Å². The van der Waals surface area contributed by atoms with Gasteiger partial charge >= 0.3 is 0 Å². The predicted molar refractivity (Wildman–Crippen MR) is 66.5 cm³/mol. The summed E-state index contributed by atoms with van der Waals surface area (Å²) in [5.74, 6) is -0.406. The Hall–Kier alpha value is -1.24. The molecule has 1 rings (SSSR count). The summed E-state index contributed by atoms with van der Waals surface area (Å²) in [5.41, 5.74) is -0.868. The van der Waals surface area contributed by atoms with E-state index in [0.717, 1.165) is 0 Å². The zero-order valence-electron chi connectivity index (χ0n) is 10.3. The third-order valence-electron chi connectivity index (χ3n) is 2.34. The van der Waals surface area contributed by atoms with E-state index in [4.69, 9.17) is 16.3 Å². The molecule has 0 fully saturated rings. The number of methoxy groups -OCH3 is 1. The van der Waals surface area contributed by atoms with Crippen LogP contribution in [0.15, 0.2) is 12.1 Å². The molecule has 1 heterocycles. The monoisotopic (exact) mass is 273 g/mol. The molecule has 0 aliphatic heterocycles. The quantitative estimate of drug-likeness (QED) is 0.795. The van der Waals surface area contributed by atoms with Gasteiger partial charge in [-0.3, -0.25) is 4.79 Å². The lowest BCUT2D eigenvalue weighted by Gasteiger charge is -2.22. The molecule has 0 aliphatic rings. The first-order chi connectivity index (χ1) is 8.44. The molecule has 1 aromatic heterocycles. The van der Waals surface area contributed by atoms with Crippen LogP contribution in [0.3, 0.4) is 0 Å². The molecule has 0 spiro atoms. The molecule has 1 amide bonds. The van der Waals surface area contributed by atoms with Gasteiger partial charge in [0, 0.05) is 26.7 Å². The molecule has 7 heteroatoms. The van der Waals surface area contributed by atoms with Gasteiger partial charge in [-0.1, -0.05) is 11.6 Å². The van der Waals surface area contributed by atoms with E-state index in [9.17, 15) is 9.90 Å². The first-order valence-electron chi connectivity index (χ1n) is 5.43. The van der Waals surface area contributed by atoms with Gasteiger partial charge in [-0.15, -0.1) is 10.2 Å². The SMILES string of the molecule is COCCC(C)(O)CNC(=O)c1ccc(Cl)nn1. The van der Waals surface area contributed by atoms with Gasteiger partial charge in [0.25, 0.3) is 5.91 Å². The van der Waals surface area contributed by atoms with Gasteiger partial charge in [0.1, 0.15) is 0 Å². The van der Waals surface area contributed by atoms with Crippen molar-refractivity contribution in [3.05, 3.63) is 23.0 Å². The zero-order chi connectivity index (χ0) is 13.6. The number of rotatable bonds is 6. The summed E-state index contributed by atoms with van der Waals surface area (Å²) in [6.07, 6.45) is 0.427. The highest BCUT2D eigenvalue weighted by molar-refractivity contribution is 6.29. The zero-order valence-corrected chi connectivity index (χ0v) is 11.1. The summed E-state index contributed by atoms with van der Waals surface area (Å²) >= 11 is 5.56. The molecule has 0 radical (unpaired) electrons. The lowest BCUT2D eigenvalue weighted by Crippen LogP contribution is -2.41. The Labute approximate surface area is 110 Å². The summed E-state index contributed by atoms with van der Waals surface area (Å²) in [4.78, 5) is 11.7. The predicted octanol–water partition coefficient (Wildman–Crippen LogP) is 0.647. The number of hydrogen-bond acceptors (Lipinski definition) is 5. The Bertz CT molecular complexity index is 395. The number of hydrogen-bond donors (Lipinski definition) is 2. The molecule has 0 aromatic carbocycles. The minimum atomic E-state index is -1.02. The largest absolute Gasteiger partial charge is 0.388 e. The number of carbonyl (C=O) groups excluding carboxylic acids is 1. The average Bonchev–Trinajstić information content (AvgIpc) is 2.35. The van der Waals surface area contributed by atoms with Crippen LogP contribution >= 0.6 is 11.6 Å². The summed E-state index contributed by atoms with van der Waals surface area (Å²) in [5, 5.41) is 19.9. The van der Waals surface area contributed by atoms with Crippen LogP contribution in [0.25, 0.3) is 0 Å². The van der Waals surface area contributed by atoms with Gasteiger partial charge < -0.3 is 15.2 Å². The van der Waals surface area contributed by atoms with Crippen molar-refractivity contribution >= 4 is 17.5 Å². The lowest BCUT2D eigenvalue weighted by molar-refractivity contribution is 0.0243. The van der Waals surface area contributed by atoms with E-state index in [0.29, 0.717) is 13.0 Å². The van der Waals surface area contributed by atoms with Gasteiger partial charge in [0.05, 0.1) is 5.60 Å². The van der Waals surface area contributed by atoms with Crippen molar-refractivity contribution in [2.45, 2.75) is 18.9 Å². The molecular formula is C11H16ClN3O3. The first kappa shape index (κ1) is 14.8. The summed E-state index contributed by atoms with van der Waals surface area (Å²) in [6.45, 7) is 2.16. The standard InChI is InChI=1S/C11H16ClN3O3/c1-11(17,5-6-18-2)7-13-10(16)8-3-4-9(12)15-14-8/h3-4,17H,5-7H2,1-2H3,(H,13,16). The van der Waals surface area contributed by atoms with Crippen molar-refractivity contribution in [1.29, 1.82) is 0 Å². The highest BCUT2D eigenvalue weighted by Crippen LogP contribution is 2.08. The second-order valence-electron chi connectivity index (χ2n) is 4.16. The van der Waals surface area contributed by atoms with Gasteiger partial charge in [-0.05, 0) is 19.1 Å². The second-order valence-corrected chi connectivity index (χ2v) is 4.55. The molecule has 0 saturated heterocycles. The van der Waals surface area contributed by atoms with Crippen molar-refractivity contribution in [3.8, 4) is 0 Å². The van der Waals surface area contributed by atoms with Crippen LogP contribution in [0.5, 0.6) is 0 Å². The van der Waals surface area contributed by atoms with Crippen molar-refractivity contribution in [2.75, 3.05) is 20.3 Å². The molecule has 100 valence electrons. The van der Waals surface area contributed by atoms with Crippen molar-refractivity contribution in [1.82, 2.24) is 15.5 Å². The number of halogens is 1. The van der Waals surface area contributed by atoms with Crippen LogP contribution in [-0.4, -0.2) is 47.1 Å². The van der Waals surface area contributed by atoms with E-state index in [1.54, 1.807) is 14.0 Å². The number of nitrogens with zero attached hydrogens (tertiary/aromatic N) is 2. The Kier molecular flexibility index (Phi) is 5.46. The minimum Gasteiger partial charge on any atom is -0.388 e. The highest BCUT2D eigenvalue weighted by Gasteiger charge is 2.21. The molecule has 6 nitrogen and oxygen atoms in total. The summed E-state index contributed by atoms with van der Waals surface area (Å²) in [6, 6.07) is 2.95. The van der Waals surface area contributed by atoms with E-state index in [1.165, 1.54) is 12.1 Å². The molecular weight excluding hydrogens is 258 g/mol. The minimum absolute atomic E-state index is 0.111. The summed E-state index contributed by atoms with van der Waals surface area (Å²) in [7, 11) is 1.55. The van der Waals surface area contributed by atoms with Crippen LogP contribution < -0.4 is 5.32 Å². The number of aliphatic hydroxyl groups is 1. The van der Waals surface area contributed by atoms with Crippen molar-refractivity contribution in [2.24, 2.45) is 0 Å². The number of nitrogens with one attached hydrogen (secondary N) is 1. The molecule has 0 saturated carbocycles. The fraction of sp³-hybridized carbons (Fsp3) is 0.545. The van der Waals surface area contributed by atoms with Crippen LogP contribution in [-0.2, 0) is 4.74 Å². The number of amides is 1. The molecule has 1 aromatic rings. The summed E-state index contributed by atoms with van der Waals surface area (Å²) < 4.78 is 4.87. The van der Waals surface area contributed by atoms with Crippen LogP contribution in [0, 0.1) is 0 Å². The van der Waals surface area contributed by atoms with Crippen LogP contribution in [0.4, 0.5) is 0 Å². The van der Waals surface area contributed by atoms with Crippen molar-refractivity contribution < 1.29 is 14.6 Å². The Morgan fingerprint density at radius 2 is 2.28 bits per heavy atom. The van der Waals surface area contributed by atoms with Gasteiger partial charge in [-0.25, -0.2) is 0 Å². The van der Waals surface area contributed by atoms with Crippen LogP contribution in [0.2, 0.25) is 5.15 Å². The maximum Gasteiger partial charge on any atom is 0.271 e. The highest BCUT2D eigenvalue weighted by atomic mass is 35.5. The normalized spacial score (nSPS) is 14.0. The molecule has 0 aliphatic carbocycles. The van der Waals surface area contributed by atoms with E-state index >= 15 is 0 Å². The Balaban J connectivity index is 2.48. The number of carbonyl (C=O) groups is 1. The lowest BCUT2D eigenvalue weighted by atomic mass is 10.0. The topological polar surface area (TPSA) is 84.3 Å². The smallest absolute Gasteiger partial charge is 0.271 e. The van der Waals surface area contributed by atoms with Crippen LogP contribution in [0.1, 0.15) is 23.8 Å². The molecule has 1 atom stereocenters. The Morgan fingerprint density at radius 3 is 2.83 bits per heavy atom. The molecule has 2 N–H and O–H groups in total. The average molecular weight is 274 g/mol. The molecule has 18 heavy (non-hydrogen) atoms. The molecule has 0 bridgehead atoms.